The first kappa shape index (κ1) is 55.6. The van der Waals surface area contributed by atoms with Gasteiger partial charge in [0.05, 0.1) is 27.7 Å². The van der Waals surface area contributed by atoms with Crippen molar-refractivity contribution in [3.05, 3.63) is 134 Å². The Morgan fingerprint density at radius 3 is 1.29 bits per heavy atom. The number of hydrogen-bond acceptors (Lipinski definition) is 7. The lowest BCUT2D eigenvalue weighted by Gasteiger charge is -2.27. The highest BCUT2D eigenvalue weighted by Crippen LogP contribution is 2.38. The number of nitrogens with zero attached hydrogens (tertiary/aromatic N) is 1. The first-order chi connectivity index (χ1) is 28.6. The number of carbonyl (C=O) groups is 1. The lowest BCUT2D eigenvalue weighted by Crippen LogP contribution is -2.37. The summed E-state index contributed by atoms with van der Waals surface area (Å²) in [5.41, 5.74) is 0. The number of aliphatic hydroxyl groups excluding tert-OH is 1. The predicted molar refractivity (Wildman–Crippen MR) is 249 cm³/mol. The SMILES string of the molecule is CC/C=C\C/C=C\C/C=C\C/C=C\C/C=C\C/C=C\C/C=C\C/C=C\C/C=C\C/C=C\C/C=C\CCCCCCCC(=O)OCC(O)COP(=O)([O-])OCC[N+](C)(C)C. The molecule has 0 aliphatic heterocycles. The number of aliphatic hydroxyl groups is 1. The molecule has 0 aliphatic carbocycles. The Morgan fingerprint density at radius 2 is 0.898 bits per heavy atom. The van der Waals surface area contributed by atoms with E-state index >= 15 is 0 Å². The molecule has 0 aliphatic rings. The van der Waals surface area contributed by atoms with Gasteiger partial charge in [0, 0.05) is 6.42 Å². The standard InChI is InChI=1S/C50H80NO7P/c1-5-6-7-8-9-10-11-12-13-14-15-16-17-18-19-20-21-22-23-24-25-26-27-28-29-30-31-32-33-34-35-36-37-38-39-40-41-42-43-44-50(53)56-47-49(52)48-58-59(54,55)57-46-45-51(2,3)4/h6-7,9-10,12-13,15-16,18-19,21-22,24-25,27-28,30-31,33-34,36-37,49,52H,5,8,11,14,17,20,23,26,29,32,35,38-48H2,1-4H3/b7-6-,10-9-,13-12-,16-15-,19-18-,22-21-,25-24-,28-27-,31-30-,34-33-,37-36-. The lowest BCUT2D eigenvalue weighted by molar-refractivity contribution is -0.870. The van der Waals surface area contributed by atoms with Crippen molar-refractivity contribution in [2.45, 2.75) is 129 Å². The molecule has 0 saturated heterocycles. The van der Waals surface area contributed by atoms with Crippen LogP contribution in [0.3, 0.4) is 0 Å². The number of phosphoric acid groups is 1. The second kappa shape index (κ2) is 41.4. The van der Waals surface area contributed by atoms with Gasteiger partial charge in [-0.2, -0.15) is 0 Å². The average molecular weight is 838 g/mol. The van der Waals surface area contributed by atoms with Crippen molar-refractivity contribution in [1.29, 1.82) is 0 Å². The molecule has 0 spiro atoms. The van der Waals surface area contributed by atoms with Crippen molar-refractivity contribution in [3.63, 3.8) is 0 Å². The Kier molecular flexibility index (Phi) is 39.0. The predicted octanol–water partition coefficient (Wildman–Crippen LogP) is 12.3. The van der Waals surface area contributed by atoms with Crippen LogP contribution in [-0.4, -0.2) is 69.2 Å². The summed E-state index contributed by atoms with van der Waals surface area (Å²) in [5.74, 6) is -0.413. The normalized spacial score (nSPS) is 15.0. The van der Waals surface area contributed by atoms with Crippen LogP contribution in [-0.2, 0) is 23.1 Å². The Morgan fingerprint density at radius 1 is 0.542 bits per heavy atom. The Hall–Kier alpha value is -3.36. The second-order valence-electron chi connectivity index (χ2n) is 15.2. The monoisotopic (exact) mass is 838 g/mol. The molecule has 0 aromatic rings. The van der Waals surface area contributed by atoms with E-state index in [1.165, 1.54) is 0 Å². The molecule has 0 bridgehead atoms. The third kappa shape index (κ3) is 47.2. The number of ether oxygens (including phenoxy) is 1. The molecule has 0 amide bonds. The number of carbonyl (C=O) groups excluding carboxylic acids is 1. The minimum Gasteiger partial charge on any atom is -0.756 e. The number of allylic oxidation sites excluding steroid dienone is 22. The fourth-order valence-corrected chi connectivity index (χ4v) is 5.74. The molecular weight excluding hydrogens is 758 g/mol. The minimum atomic E-state index is -4.52. The van der Waals surface area contributed by atoms with Gasteiger partial charge in [-0.15, -0.1) is 0 Å². The number of likely N-dealkylation sites (N-methyl/N-ethyl adjacent to an activating group) is 1. The summed E-state index contributed by atoms with van der Waals surface area (Å²) in [4.78, 5) is 23.7. The summed E-state index contributed by atoms with van der Waals surface area (Å²) >= 11 is 0. The maximum Gasteiger partial charge on any atom is 0.305 e. The molecule has 2 unspecified atom stereocenters. The van der Waals surface area contributed by atoms with Gasteiger partial charge in [-0.25, -0.2) is 0 Å². The zero-order valence-corrected chi connectivity index (χ0v) is 38.0. The van der Waals surface area contributed by atoms with Gasteiger partial charge in [0.15, 0.2) is 0 Å². The topological polar surface area (TPSA) is 105 Å². The van der Waals surface area contributed by atoms with Crippen LogP contribution >= 0.6 is 7.82 Å². The van der Waals surface area contributed by atoms with E-state index in [0.717, 1.165) is 109 Å². The van der Waals surface area contributed by atoms with Gasteiger partial charge in [0.1, 0.15) is 25.9 Å². The number of rotatable bonds is 38. The third-order valence-electron chi connectivity index (χ3n) is 8.42. The number of unbranched alkanes of at least 4 members (excludes halogenated alkanes) is 5. The number of esters is 1. The third-order valence-corrected chi connectivity index (χ3v) is 9.38. The molecule has 2 atom stereocenters. The Balaban J connectivity index is 3.66. The summed E-state index contributed by atoms with van der Waals surface area (Å²) in [5, 5.41) is 9.88. The molecule has 0 saturated carbocycles. The van der Waals surface area contributed by atoms with Gasteiger partial charge < -0.3 is 28.3 Å². The molecule has 1 N–H and O–H groups in total. The van der Waals surface area contributed by atoms with Gasteiger partial charge in [0.2, 0.25) is 0 Å². The van der Waals surface area contributed by atoms with E-state index in [-0.39, 0.29) is 19.6 Å². The zero-order chi connectivity index (χ0) is 43.4. The highest BCUT2D eigenvalue weighted by atomic mass is 31.2. The van der Waals surface area contributed by atoms with Crippen LogP contribution in [0.1, 0.15) is 122 Å². The van der Waals surface area contributed by atoms with Gasteiger partial charge >= 0.3 is 5.97 Å². The van der Waals surface area contributed by atoms with E-state index in [1.54, 1.807) is 0 Å². The minimum absolute atomic E-state index is 0.0188. The van der Waals surface area contributed by atoms with Crippen molar-refractivity contribution >= 4 is 13.8 Å². The first-order valence-corrected chi connectivity index (χ1v) is 23.4. The Bertz CT molecular complexity index is 1390. The number of hydrogen-bond donors (Lipinski definition) is 1. The van der Waals surface area contributed by atoms with Gasteiger partial charge in [0.25, 0.3) is 7.82 Å². The molecular formula is C50H80NO7P. The van der Waals surface area contributed by atoms with E-state index in [4.69, 9.17) is 9.26 Å². The van der Waals surface area contributed by atoms with Crippen LogP contribution in [0.4, 0.5) is 0 Å². The van der Waals surface area contributed by atoms with E-state index < -0.39 is 26.5 Å². The lowest BCUT2D eigenvalue weighted by atomic mass is 10.1. The summed E-state index contributed by atoms with van der Waals surface area (Å²) in [6.45, 7) is 1.78. The van der Waals surface area contributed by atoms with Gasteiger partial charge in [-0.3, -0.25) is 9.36 Å². The maximum absolute atomic E-state index is 11.9. The molecule has 0 rings (SSSR count). The van der Waals surface area contributed by atoms with Crippen molar-refractivity contribution in [1.82, 2.24) is 0 Å². The summed E-state index contributed by atoms with van der Waals surface area (Å²) in [6.07, 6.45) is 64.8. The summed E-state index contributed by atoms with van der Waals surface area (Å²) in [6, 6.07) is 0. The Labute approximate surface area is 360 Å². The molecule has 59 heavy (non-hydrogen) atoms. The summed E-state index contributed by atoms with van der Waals surface area (Å²) < 4.78 is 26.8. The molecule has 8 nitrogen and oxygen atoms in total. The smallest absolute Gasteiger partial charge is 0.305 e. The molecule has 0 aromatic heterocycles. The first-order valence-electron chi connectivity index (χ1n) is 21.9. The van der Waals surface area contributed by atoms with Crippen molar-refractivity contribution in [3.8, 4) is 0 Å². The van der Waals surface area contributed by atoms with E-state index in [2.05, 4.69) is 145 Å². The molecule has 0 heterocycles. The zero-order valence-electron chi connectivity index (χ0n) is 37.1. The highest BCUT2D eigenvalue weighted by molar-refractivity contribution is 7.45. The quantitative estimate of drug-likeness (QED) is 0.0217. The molecule has 0 fully saturated rings. The maximum atomic E-state index is 11.9. The van der Waals surface area contributed by atoms with E-state index in [0.29, 0.717) is 11.0 Å². The van der Waals surface area contributed by atoms with Gasteiger partial charge in [-0.05, 0) is 89.9 Å². The van der Waals surface area contributed by atoms with Gasteiger partial charge in [-0.1, -0.05) is 160 Å². The fraction of sp³-hybridized carbons (Fsp3) is 0.540. The molecule has 9 heteroatoms. The molecule has 332 valence electrons. The number of quaternary nitrogens is 1. The highest BCUT2D eigenvalue weighted by Gasteiger charge is 2.16. The van der Waals surface area contributed by atoms with E-state index in [1.807, 2.05) is 21.1 Å². The largest absolute Gasteiger partial charge is 0.756 e. The van der Waals surface area contributed by atoms with E-state index in [9.17, 15) is 19.4 Å². The second-order valence-corrected chi connectivity index (χ2v) is 16.6. The average Bonchev–Trinajstić information content (AvgIpc) is 3.19. The fourth-order valence-electron chi connectivity index (χ4n) is 5.01. The van der Waals surface area contributed by atoms with Crippen LogP contribution in [0.15, 0.2) is 134 Å². The van der Waals surface area contributed by atoms with Crippen LogP contribution in [0.25, 0.3) is 0 Å². The van der Waals surface area contributed by atoms with Crippen LogP contribution in [0.5, 0.6) is 0 Å². The van der Waals surface area contributed by atoms with Crippen LogP contribution in [0.2, 0.25) is 0 Å². The number of phosphoric ester groups is 1. The van der Waals surface area contributed by atoms with Crippen molar-refractivity contribution < 1.29 is 37.6 Å². The van der Waals surface area contributed by atoms with Crippen molar-refractivity contribution in [2.75, 3.05) is 47.5 Å². The van der Waals surface area contributed by atoms with Crippen molar-refractivity contribution in [2.24, 2.45) is 0 Å². The van der Waals surface area contributed by atoms with Crippen LogP contribution < -0.4 is 4.89 Å². The van der Waals surface area contributed by atoms with Crippen LogP contribution in [0, 0.1) is 0 Å². The molecule has 0 radical (unpaired) electrons. The molecule has 0 aromatic carbocycles. The summed E-state index contributed by atoms with van der Waals surface area (Å²) in [7, 11) is 1.22.